The monoisotopic (exact) mass is 284 g/mol. The van der Waals surface area contributed by atoms with Crippen LogP contribution in [0.3, 0.4) is 0 Å². The molecular formula is C15H20N6. The van der Waals surface area contributed by atoms with Crippen LogP contribution in [0.1, 0.15) is 29.6 Å². The summed E-state index contributed by atoms with van der Waals surface area (Å²) in [5.74, 6) is 3.15. The zero-order valence-electron chi connectivity index (χ0n) is 12.7. The highest BCUT2D eigenvalue weighted by Gasteiger charge is 2.27. The van der Waals surface area contributed by atoms with Crippen LogP contribution in [-0.2, 0) is 0 Å². The maximum atomic E-state index is 4.60. The maximum Gasteiger partial charge on any atom is 0.135 e. The fourth-order valence-electron chi connectivity index (χ4n) is 2.69. The third-order valence-electron chi connectivity index (χ3n) is 3.79. The minimum atomic E-state index is 0.354. The van der Waals surface area contributed by atoms with Crippen molar-refractivity contribution in [3.63, 3.8) is 0 Å². The molecule has 6 heteroatoms. The molecule has 0 bridgehead atoms. The van der Waals surface area contributed by atoms with E-state index in [1.54, 1.807) is 6.33 Å². The predicted octanol–water partition coefficient (Wildman–Crippen LogP) is 1.92. The minimum Gasteiger partial charge on any atom is -0.373 e. The Bertz CT molecular complexity index is 642. The first-order valence-electron chi connectivity index (χ1n) is 7.22. The number of aromatic nitrogens is 4. The summed E-state index contributed by atoms with van der Waals surface area (Å²) < 4.78 is 0. The fraction of sp³-hybridized carbons (Fsp3) is 0.467. The van der Waals surface area contributed by atoms with Crippen molar-refractivity contribution in [3.8, 4) is 0 Å². The normalized spacial score (nSPS) is 18.0. The van der Waals surface area contributed by atoms with E-state index in [0.29, 0.717) is 5.92 Å². The number of hydrogen-bond donors (Lipinski definition) is 1. The van der Waals surface area contributed by atoms with Crippen LogP contribution in [0.15, 0.2) is 18.5 Å². The van der Waals surface area contributed by atoms with Gasteiger partial charge < -0.3 is 10.2 Å². The van der Waals surface area contributed by atoms with Crippen LogP contribution < -0.4 is 10.2 Å². The van der Waals surface area contributed by atoms with Gasteiger partial charge in [-0.15, -0.1) is 0 Å². The average Bonchev–Trinajstić information content (AvgIpc) is 2.96. The molecule has 2 aromatic heterocycles. The van der Waals surface area contributed by atoms with Gasteiger partial charge in [0.2, 0.25) is 0 Å². The second-order valence-corrected chi connectivity index (χ2v) is 5.45. The summed E-state index contributed by atoms with van der Waals surface area (Å²) in [6.45, 7) is 5.88. The first kappa shape index (κ1) is 13.7. The molecule has 1 atom stereocenters. The lowest BCUT2D eigenvalue weighted by molar-refractivity contribution is 0.705. The molecule has 1 fully saturated rings. The van der Waals surface area contributed by atoms with Gasteiger partial charge in [-0.2, -0.15) is 0 Å². The molecule has 2 aromatic rings. The second-order valence-electron chi connectivity index (χ2n) is 5.45. The van der Waals surface area contributed by atoms with E-state index in [1.807, 2.05) is 33.0 Å². The van der Waals surface area contributed by atoms with Gasteiger partial charge in [-0.3, -0.25) is 0 Å². The molecule has 0 radical (unpaired) electrons. The Morgan fingerprint density at radius 1 is 1.14 bits per heavy atom. The predicted molar refractivity (Wildman–Crippen MR) is 82.7 cm³/mol. The molecule has 3 heterocycles. The van der Waals surface area contributed by atoms with E-state index in [-0.39, 0.29) is 0 Å². The Labute approximate surface area is 124 Å². The van der Waals surface area contributed by atoms with Crippen LogP contribution in [-0.4, -0.2) is 40.1 Å². The number of aryl methyl sites for hydroxylation is 2. The molecule has 1 N–H and O–H groups in total. The van der Waals surface area contributed by atoms with Crippen molar-refractivity contribution in [1.29, 1.82) is 0 Å². The lowest BCUT2D eigenvalue weighted by Crippen LogP contribution is -2.21. The van der Waals surface area contributed by atoms with Crippen molar-refractivity contribution in [1.82, 2.24) is 19.9 Å². The van der Waals surface area contributed by atoms with E-state index in [9.17, 15) is 0 Å². The van der Waals surface area contributed by atoms with Crippen LogP contribution in [0.2, 0.25) is 0 Å². The molecule has 0 unspecified atom stereocenters. The second kappa shape index (κ2) is 5.63. The summed E-state index contributed by atoms with van der Waals surface area (Å²) in [4.78, 5) is 20.0. The highest BCUT2D eigenvalue weighted by molar-refractivity contribution is 5.42. The molecule has 0 spiro atoms. The average molecular weight is 284 g/mol. The Morgan fingerprint density at radius 2 is 2.00 bits per heavy atom. The van der Waals surface area contributed by atoms with Gasteiger partial charge in [-0.1, -0.05) is 0 Å². The Hall–Kier alpha value is -2.24. The van der Waals surface area contributed by atoms with Crippen molar-refractivity contribution in [2.45, 2.75) is 26.2 Å². The highest BCUT2D eigenvalue weighted by atomic mass is 15.2. The molecule has 1 saturated heterocycles. The van der Waals surface area contributed by atoms with E-state index in [4.69, 9.17) is 0 Å². The number of nitrogens with one attached hydrogen (secondary N) is 1. The van der Waals surface area contributed by atoms with Gasteiger partial charge in [0.05, 0.1) is 0 Å². The van der Waals surface area contributed by atoms with Gasteiger partial charge in [0.25, 0.3) is 0 Å². The quantitative estimate of drug-likeness (QED) is 0.929. The molecule has 21 heavy (non-hydrogen) atoms. The van der Waals surface area contributed by atoms with E-state index in [0.717, 1.165) is 48.4 Å². The first-order chi connectivity index (χ1) is 10.2. The SMILES string of the molecule is CNc1cc(C)nc([C@@H]2CCN(c3cc(C)ncn3)C2)n1. The summed E-state index contributed by atoms with van der Waals surface area (Å²) in [6, 6.07) is 3.99. The van der Waals surface area contributed by atoms with Crippen molar-refractivity contribution in [3.05, 3.63) is 35.7 Å². The standard InChI is InChI=1S/C15H20N6/c1-10-7-14(18-9-17-10)21-5-4-12(8-21)15-19-11(2)6-13(16-3)20-15/h6-7,9,12H,4-5,8H2,1-3H3,(H,16,19,20)/t12-/m1/s1. The van der Waals surface area contributed by atoms with E-state index in [1.165, 1.54) is 0 Å². The molecule has 0 saturated carbocycles. The molecule has 0 aromatic carbocycles. The van der Waals surface area contributed by atoms with E-state index in [2.05, 4.69) is 30.2 Å². The summed E-state index contributed by atoms with van der Waals surface area (Å²) in [5.41, 5.74) is 1.99. The van der Waals surface area contributed by atoms with Crippen LogP contribution in [0.4, 0.5) is 11.6 Å². The minimum absolute atomic E-state index is 0.354. The third-order valence-corrected chi connectivity index (χ3v) is 3.79. The lowest BCUT2D eigenvalue weighted by atomic mass is 10.1. The van der Waals surface area contributed by atoms with E-state index >= 15 is 0 Å². The number of hydrogen-bond acceptors (Lipinski definition) is 6. The molecule has 0 aliphatic carbocycles. The van der Waals surface area contributed by atoms with Crippen molar-refractivity contribution in [2.75, 3.05) is 30.4 Å². The highest BCUT2D eigenvalue weighted by Crippen LogP contribution is 2.28. The molecule has 6 nitrogen and oxygen atoms in total. The molecule has 1 aliphatic rings. The van der Waals surface area contributed by atoms with Gasteiger partial charge in [0.1, 0.15) is 23.8 Å². The number of anilines is 2. The maximum absolute atomic E-state index is 4.60. The smallest absolute Gasteiger partial charge is 0.135 e. The van der Waals surface area contributed by atoms with Crippen LogP contribution in [0.25, 0.3) is 0 Å². The van der Waals surface area contributed by atoms with Gasteiger partial charge in [-0.05, 0) is 20.3 Å². The van der Waals surface area contributed by atoms with Crippen LogP contribution in [0, 0.1) is 13.8 Å². The number of nitrogens with zero attached hydrogens (tertiary/aromatic N) is 5. The molecular weight excluding hydrogens is 264 g/mol. The third kappa shape index (κ3) is 2.94. The Balaban J connectivity index is 1.79. The fourth-order valence-corrected chi connectivity index (χ4v) is 2.69. The van der Waals surface area contributed by atoms with Gasteiger partial charge >= 0.3 is 0 Å². The number of rotatable bonds is 3. The zero-order chi connectivity index (χ0) is 14.8. The van der Waals surface area contributed by atoms with Gasteiger partial charge in [-0.25, -0.2) is 19.9 Å². The van der Waals surface area contributed by atoms with Crippen LogP contribution in [0.5, 0.6) is 0 Å². The Morgan fingerprint density at radius 3 is 2.76 bits per heavy atom. The van der Waals surface area contributed by atoms with Crippen molar-refractivity contribution >= 4 is 11.6 Å². The molecule has 3 rings (SSSR count). The zero-order valence-corrected chi connectivity index (χ0v) is 12.7. The first-order valence-corrected chi connectivity index (χ1v) is 7.22. The summed E-state index contributed by atoms with van der Waals surface area (Å²) in [5, 5.41) is 3.10. The lowest BCUT2D eigenvalue weighted by Gasteiger charge is -2.17. The summed E-state index contributed by atoms with van der Waals surface area (Å²) in [7, 11) is 1.89. The topological polar surface area (TPSA) is 66.8 Å². The van der Waals surface area contributed by atoms with Crippen molar-refractivity contribution in [2.24, 2.45) is 0 Å². The van der Waals surface area contributed by atoms with Crippen LogP contribution >= 0.6 is 0 Å². The van der Waals surface area contributed by atoms with Gasteiger partial charge in [0.15, 0.2) is 0 Å². The summed E-state index contributed by atoms with van der Waals surface area (Å²) in [6.07, 6.45) is 2.68. The Kier molecular flexibility index (Phi) is 3.68. The molecule has 110 valence electrons. The van der Waals surface area contributed by atoms with Crippen molar-refractivity contribution < 1.29 is 0 Å². The van der Waals surface area contributed by atoms with E-state index < -0.39 is 0 Å². The molecule has 0 amide bonds. The largest absolute Gasteiger partial charge is 0.373 e. The molecule has 1 aliphatic heterocycles. The summed E-state index contributed by atoms with van der Waals surface area (Å²) >= 11 is 0. The van der Waals surface area contributed by atoms with Gasteiger partial charge in [0, 0.05) is 49.6 Å².